The summed E-state index contributed by atoms with van der Waals surface area (Å²) in [6.07, 6.45) is -0.953. The summed E-state index contributed by atoms with van der Waals surface area (Å²) in [6.45, 7) is 8.61. The number of carbonyl (C=O) groups excluding carboxylic acids is 2. The fourth-order valence-electron chi connectivity index (χ4n) is 3.09. The fraction of sp³-hybridized carbons (Fsp3) is 0.458. The second-order valence-corrected chi connectivity index (χ2v) is 9.96. The third-order valence-electron chi connectivity index (χ3n) is 4.75. The van der Waals surface area contributed by atoms with Crippen LogP contribution in [0.15, 0.2) is 24.3 Å². The molecule has 1 saturated heterocycles. The average molecular weight is 499 g/mol. The van der Waals surface area contributed by atoms with Gasteiger partial charge in [0, 0.05) is 5.56 Å². The summed E-state index contributed by atoms with van der Waals surface area (Å²) < 4.78 is 11.3. The molecule has 3 rings (SSSR count). The van der Waals surface area contributed by atoms with Crippen LogP contribution in [0.25, 0.3) is 11.4 Å². The molecule has 0 spiro atoms. The van der Waals surface area contributed by atoms with Gasteiger partial charge in [0.15, 0.2) is 5.82 Å². The number of nitriles is 1. The predicted molar refractivity (Wildman–Crippen MR) is 129 cm³/mol. The lowest BCUT2D eigenvalue weighted by Gasteiger charge is -2.39. The molecule has 1 fully saturated rings. The molecule has 0 aliphatic carbocycles. The number of hydrogen-bond donors (Lipinski definition) is 3. The first-order valence-corrected chi connectivity index (χ1v) is 11.2. The summed E-state index contributed by atoms with van der Waals surface area (Å²) >= 11 is 0. The van der Waals surface area contributed by atoms with Gasteiger partial charge in [-0.25, -0.2) is 15.3 Å². The van der Waals surface area contributed by atoms with Crippen LogP contribution in [0.2, 0.25) is 0 Å². The highest BCUT2D eigenvalue weighted by molar-refractivity contribution is 6.00. The maximum absolute atomic E-state index is 12.9. The summed E-state index contributed by atoms with van der Waals surface area (Å²) in [6, 6.07) is 8.62. The van der Waals surface area contributed by atoms with Gasteiger partial charge < -0.3 is 25.2 Å². The topological polar surface area (TPSA) is 173 Å². The Morgan fingerprint density at radius 3 is 2.56 bits per heavy atom. The van der Waals surface area contributed by atoms with Crippen LogP contribution in [0.1, 0.15) is 50.5 Å². The van der Waals surface area contributed by atoms with E-state index in [4.69, 9.17) is 20.0 Å². The number of rotatable bonds is 7. The molecular formula is C24H30N6O6. The zero-order valence-corrected chi connectivity index (χ0v) is 20.9. The Balaban J connectivity index is 1.85. The maximum Gasteiger partial charge on any atom is 0.410 e. The van der Waals surface area contributed by atoms with Crippen molar-refractivity contribution in [3.63, 3.8) is 0 Å². The molecule has 12 heteroatoms. The van der Waals surface area contributed by atoms with Crippen LogP contribution in [0, 0.1) is 11.3 Å². The number of nitrogens with zero attached hydrogens (tertiary/aromatic N) is 4. The summed E-state index contributed by atoms with van der Waals surface area (Å²) in [5, 5.41) is 19.0. The van der Waals surface area contributed by atoms with E-state index in [0.29, 0.717) is 11.1 Å². The number of benzene rings is 1. The van der Waals surface area contributed by atoms with E-state index in [1.807, 2.05) is 6.07 Å². The standard InChI is InChI=1S/C24H30N6O6/c1-23(2,3)36-22(32)30-11-16(12-30)35-21-17(20(31)29-34-13-24(4,5)33)18(26)27-19(28-21)15-8-6-7-14(9-15)10-25/h6-9,16,33H,11-13H2,1-5H3,(H,29,31)(H2,26,27,28). The van der Waals surface area contributed by atoms with Crippen LogP contribution < -0.4 is 16.0 Å². The molecule has 0 unspecified atom stereocenters. The van der Waals surface area contributed by atoms with Gasteiger partial charge in [0.25, 0.3) is 5.91 Å². The maximum atomic E-state index is 12.9. The van der Waals surface area contributed by atoms with E-state index in [0.717, 1.165) is 0 Å². The number of hydrogen-bond acceptors (Lipinski definition) is 10. The minimum atomic E-state index is -1.18. The van der Waals surface area contributed by atoms with E-state index in [1.54, 1.807) is 45.0 Å². The van der Waals surface area contributed by atoms with Gasteiger partial charge in [-0.05, 0) is 46.8 Å². The Morgan fingerprint density at radius 1 is 1.25 bits per heavy atom. The number of amides is 2. The van der Waals surface area contributed by atoms with Gasteiger partial charge in [-0.2, -0.15) is 10.2 Å². The molecule has 4 N–H and O–H groups in total. The summed E-state index contributed by atoms with van der Waals surface area (Å²) in [5.41, 5.74) is 7.25. The molecule has 1 aromatic carbocycles. The third kappa shape index (κ3) is 7.03. The first kappa shape index (κ1) is 26.7. The van der Waals surface area contributed by atoms with Crippen molar-refractivity contribution in [1.82, 2.24) is 20.3 Å². The van der Waals surface area contributed by atoms with Gasteiger partial charge in [0.1, 0.15) is 29.7 Å². The minimum Gasteiger partial charge on any atom is -0.470 e. The van der Waals surface area contributed by atoms with Gasteiger partial charge in [-0.3, -0.25) is 9.63 Å². The number of nitrogens with one attached hydrogen (secondary N) is 1. The quantitative estimate of drug-likeness (QED) is 0.479. The third-order valence-corrected chi connectivity index (χ3v) is 4.75. The van der Waals surface area contributed by atoms with Crippen molar-refractivity contribution >= 4 is 17.8 Å². The van der Waals surface area contributed by atoms with Gasteiger partial charge in [0.05, 0.1) is 30.3 Å². The lowest BCUT2D eigenvalue weighted by Crippen LogP contribution is -2.57. The van der Waals surface area contributed by atoms with Gasteiger partial charge >= 0.3 is 6.09 Å². The molecular weight excluding hydrogens is 468 g/mol. The molecule has 0 atom stereocenters. The second-order valence-electron chi connectivity index (χ2n) is 9.96. The van der Waals surface area contributed by atoms with Crippen molar-refractivity contribution in [3.05, 3.63) is 35.4 Å². The lowest BCUT2D eigenvalue weighted by molar-refractivity contribution is -0.0525. The van der Waals surface area contributed by atoms with Crippen molar-refractivity contribution in [2.45, 2.75) is 51.9 Å². The Labute approximate surface area is 208 Å². The Morgan fingerprint density at radius 2 is 1.94 bits per heavy atom. The first-order chi connectivity index (χ1) is 16.8. The van der Waals surface area contributed by atoms with Crippen molar-refractivity contribution in [2.75, 3.05) is 25.4 Å². The number of aliphatic hydroxyl groups is 1. The Hall–Kier alpha value is -3.95. The molecule has 0 radical (unpaired) electrons. The van der Waals surface area contributed by atoms with E-state index in [-0.39, 0.29) is 42.8 Å². The molecule has 2 amide bonds. The van der Waals surface area contributed by atoms with E-state index in [9.17, 15) is 20.0 Å². The summed E-state index contributed by atoms with van der Waals surface area (Å²) in [7, 11) is 0. The van der Waals surface area contributed by atoms with Crippen molar-refractivity contribution < 1.29 is 29.0 Å². The Kier molecular flexibility index (Phi) is 7.66. The highest BCUT2D eigenvalue weighted by atomic mass is 16.7. The summed E-state index contributed by atoms with van der Waals surface area (Å²) in [4.78, 5) is 40.2. The fourth-order valence-corrected chi connectivity index (χ4v) is 3.09. The SMILES string of the molecule is CC(C)(O)CONC(=O)c1c(N)nc(-c2cccc(C#N)c2)nc1OC1CN(C(=O)OC(C)(C)C)C1. The summed E-state index contributed by atoms with van der Waals surface area (Å²) in [5.74, 6) is -0.910. The number of carbonyl (C=O) groups is 2. The van der Waals surface area contributed by atoms with Crippen molar-refractivity contribution in [3.8, 4) is 23.3 Å². The number of nitrogen functional groups attached to an aromatic ring is 1. The van der Waals surface area contributed by atoms with Crippen molar-refractivity contribution in [1.29, 1.82) is 5.26 Å². The molecule has 0 bridgehead atoms. The number of aromatic nitrogens is 2. The highest BCUT2D eigenvalue weighted by Gasteiger charge is 2.37. The first-order valence-electron chi connectivity index (χ1n) is 11.2. The second kappa shape index (κ2) is 10.3. The van der Waals surface area contributed by atoms with Gasteiger partial charge in [0.2, 0.25) is 5.88 Å². The minimum absolute atomic E-state index is 0.113. The molecule has 1 aromatic heterocycles. The van der Waals surface area contributed by atoms with Crippen LogP contribution in [0.3, 0.4) is 0 Å². The van der Waals surface area contributed by atoms with Crippen LogP contribution in [0.5, 0.6) is 5.88 Å². The molecule has 12 nitrogen and oxygen atoms in total. The van der Waals surface area contributed by atoms with Crippen molar-refractivity contribution in [2.24, 2.45) is 0 Å². The zero-order valence-electron chi connectivity index (χ0n) is 20.9. The van der Waals surface area contributed by atoms with E-state index in [2.05, 4.69) is 15.4 Å². The van der Waals surface area contributed by atoms with E-state index < -0.39 is 29.3 Å². The van der Waals surface area contributed by atoms with Crippen LogP contribution in [-0.2, 0) is 9.57 Å². The molecule has 192 valence electrons. The predicted octanol–water partition coefficient (Wildman–Crippen LogP) is 2.03. The van der Waals surface area contributed by atoms with Crippen LogP contribution >= 0.6 is 0 Å². The molecule has 2 heterocycles. The van der Waals surface area contributed by atoms with Gasteiger partial charge in [-0.15, -0.1) is 0 Å². The molecule has 2 aromatic rings. The number of ether oxygens (including phenoxy) is 2. The lowest BCUT2D eigenvalue weighted by atomic mass is 10.1. The zero-order chi connectivity index (χ0) is 26.7. The number of nitrogens with two attached hydrogens (primary N) is 1. The Bertz CT molecular complexity index is 1180. The smallest absolute Gasteiger partial charge is 0.410 e. The highest BCUT2D eigenvalue weighted by Crippen LogP contribution is 2.29. The van der Waals surface area contributed by atoms with E-state index in [1.165, 1.54) is 18.7 Å². The molecule has 0 saturated carbocycles. The average Bonchev–Trinajstić information content (AvgIpc) is 2.73. The monoisotopic (exact) mass is 498 g/mol. The molecule has 1 aliphatic rings. The largest absolute Gasteiger partial charge is 0.470 e. The number of hydroxylamine groups is 1. The number of likely N-dealkylation sites (tertiary alicyclic amines) is 1. The molecule has 1 aliphatic heterocycles. The van der Waals surface area contributed by atoms with Crippen LogP contribution in [0.4, 0.5) is 10.6 Å². The number of anilines is 1. The van der Waals surface area contributed by atoms with Gasteiger partial charge in [-0.1, -0.05) is 12.1 Å². The van der Waals surface area contributed by atoms with E-state index >= 15 is 0 Å². The van der Waals surface area contributed by atoms with Crippen LogP contribution in [-0.4, -0.2) is 69.0 Å². The molecule has 36 heavy (non-hydrogen) atoms. The normalized spacial score (nSPS) is 14.0.